The average molecular weight is 203 g/mol. The molecule has 0 bridgehead atoms. The van der Waals surface area contributed by atoms with Crippen molar-refractivity contribution in [2.24, 2.45) is 0 Å². The fraction of sp³-hybridized carbons (Fsp3) is 0.778. The molecule has 0 saturated carbocycles. The third kappa shape index (κ3) is 6.42. The largest absolute Gasteiger partial charge is 0.480 e. The number of aliphatic carboxylic acids is 1. The molecule has 5 heteroatoms. The monoisotopic (exact) mass is 203 g/mol. The van der Waals surface area contributed by atoms with E-state index in [9.17, 15) is 9.59 Å². The Morgan fingerprint density at radius 2 is 1.86 bits per heavy atom. The molecule has 0 radical (unpaired) electrons. The summed E-state index contributed by atoms with van der Waals surface area (Å²) in [7, 11) is 1.47. The summed E-state index contributed by atoms with van der Waals surface area (Å²) in [6.45, 7) is -0.113. The van der Waals surface area contributed by atoms with E-state index in [1.807, 2.05) is 0 Å². The van der Waals surface area contributed by atoms with Crippen LogP contribution in [0, 0.1) is 0 Å². The molecule has 0 aliphatic heterocycles. The first-order valence-corrected chi connectivity index (χ1v) is 4.64. The minimum Gasteiger partial charge on any atom is -0.480 e. The molecule has 0 heterocycles. The van der Waals surface area contributed by atoms with Crippen LogP contribution < -0.4 is 0 Å². The van der Waals surface area contributed by atoms with E-state index in [4.69, 9.17) is 10.2 Å². The lowest BCUT2D eigenvalue weighted by Crippen LogP contribution is -2.31. The van der Waals surface area contributed by atoms with Crippen LogP contribution in [0.5, 0.6) is 0 Å². The molecular formula is C9H17NO4. The van der Waals surface area contributed by atoms with E-state index in [0.717, 1.165) is 6.42 Å². The third-order valence-corrected chi connectivity index (χ3v) is 1.85. The van der Waals surface area contributed by atoms with Gasteiger partial charge in [-0.15, -0.1) is 0 Å². The molecule has 0 aromatic rings. The minimum atomic E-state index is -1.00. The summed E-state index contributed by atoms with van der Waals surface area (Å²) in [6, 6.07) is 0. The number of amides is 1. The maximum absolute atomic E-state index is 11.2. The molecule has 14 heavy (non-hydrogen) atoms. The second-order valence-electron chi connectivity index (χ2n) is 3.18. The Kier molecular flexibility index (Phi) is 6.74. The van der Waals surface area contributed by atoms with Gasteiger partial charge in [-0.2, -0.15) is 0 Å². The highest BCUT2D eigenvalue weighted by Crippen LogP contribution is 2.01. The van der Waals surface area contributed by atoms with Gasteiger partial charge in [0.1, 0.15) is 6.54 Å². The van der Waals surface area contributed by atoms with Crippen LogP contribution in [-0.2, 0) is 9.59 Å². The smallest absolute Gasteiger partial charge is 0.323 e. The zero-order chi connectivity index (χ0) is 11.0. The Hall–Kier alpha value is -1.10. The molecule has 0 aliphatic carbocycles. The van der Waals surface area contributed by atoms with Crippen molar-refractivity contribution >= 4 is 11.9 Å². The molecule has 0 spiro atoms. The zero-order valence-corrected chi connectivity index (χ0v) is 8.40. The molecule has 82 valence electrons. The molecule has 0 aliphatic rings. The van der Waals surface area contributed by atoms with E-state index in [2.05, 4.69) is 0 Å². The van der Waals surface area contributed by atoms with Gasteiger partial charge in [0, 0.05) is 20.1 Å². The molecule has 1 amide bonds. The van der Waals surface area contributed by atoms with Crippen molar-refractivity contribution < 1.29 is 19.8 Å². The highest BCUT2D eigenvalue weighted by atomic mass is 16.4. The zero-order valence-electron chi connectivity index (χ0n) is 8.40. The second kappa shape index (κ2) is 7.32. The number of rotatable bonds is 7. The summed E-state index contributed by atoms with van der Waals surface area (Å²) in [4.78, 5) is 22.7. The molecule has 0 aromatic heterocycles. The third-order valence-electron chi connectivity index (χ3n) is 1.85. The van der Waals surface area contributed by atoms with Crippen LogP contribution in [0.4, 0.5) is 0 Å². The molecule has 0 aromatic carbocycles. The van der Waals surface area contributed by atoms with E-state index in [1.165, 1.54) is 11.9 Å². The number of unbranched alkanes of at least 4 members (excludes halogenated alkanes) is 2. The molecule has 0 saturated heterocycles. The lowest BCUT2D eigenvalue weighted by molar-refractivity contribution is -0.143. The average Bonchev–Trinajstić information content (AvgIpc) is 2.11. The maximum atomic E-state index is 11.2. The Balaban J connectivity index is 3.57. The first kappa shape index (κ1) is 12.9. The topological polar surface area (TPSA) is 77.8 Å². The molecule has 0 atom stereocenters. The Labute approximate surface area is 83.3 Å². The van der Waals surface area contributed by atoms with Crippen molar-refractivity contribution in [2.75, 3.05) is 20.2 Å². The van der Waals surface area contributed by atoms with Crippen LogP contribution in [0.25, 0.3) is 0 Å². The molecule has 5 nitrogen and oxygen atoms in total. The first-order chi connectivity index (χ1) is 6.57. The van der Waals surface area contributed by atoms with Gasteiger partial charge in [0.15, 0.2) is 0 Å². The van der Waals surface area contributed by atoms with Crippen molar-refractivity contribution in [1.82, 2.24) is 4.90 Å². The van der Waals surface area contributed by atoms with Crippen molar-refractivity contribution in [3.8, 4) is 0 Å². The van der Waals surface area contributed by atoms with Crippen LogP contribution in [-0.4, -0.2) is 47.2 Å². The first-order valence-electron chi connectivity index (χ1n) is 4.64. The van der Waals surface area contributed by atoms with Gasteiger partial charge in [-0.3, -0.25) is 9.59 Å². The summed E-state index contributed by atoms with van der Waals surface area (Å²) in [6.07, 6.45) is 2.53. The van der Waals surface area contributed by atoms with Crippen LogP contribution in [0.1, 0.15) is 25.7 Å². The van der Waals surface area contributed by atoms with E-state index in [-0.39, 0.29) is 19.1 Å². The summed E-state index contributed by atoms with van der Waals surface area (Å²) in [5.74, 6) is -1.17. The maximum Gasteiger partial charge on any atom is 0.323 e. The number of carbonyl (C=O) groups is 2. The van der Waals surface area contributed by atoms with Gasteiger partial charge >= 0.3 is 5.97 Å². The number of carbonyl (C=O) groups excluding carboxylic acids is 1. The van der Waals surface area contributed by atoms with E-state index >= 15 is 0 Å². The number of hydrogen-bond acceptors (Lipinski definition) is 3. The Morgan fingerprint density at radius 1 is 1.21 bits per heavy atom. The van der Waals surface area contributed by atoms with Crippen molar-refractivity contribution in [2.45, 2.75) is 25.7 Å². The number of aliphatic hydroxyl groups excluding tert-OH is 1. The number of aliphatic hydroxyl groups is 1. The summed E-state index contributed by atoms with van der Waals surface area (Å²) < 4.78 is 0. The van der Waals surface area contributed by atoms with Crippen LogP contribution in [0.3, 0.4) is 0 Å². The van der Waals surface area contributed by atoms with Gasteiger partial charge in [-0.05, 0) is 12.8 Å². The highest BCUT2D eigenvalue weighted by Gasteiger charge is 2.10. The number of carboxylic acid groups (broad SMARTS) is 1. The van der Waals surface area contributed by atoms with E-state index in [0.29, 0.717) is 19.3 Å². The molecular weight excluding hydrogens is 186 g/mol. The quantitative estimate of drug-likeness (QED) is 0.574. The van der Waals surface area contributed by atoms with Crippen molar-refractivity contribution in [1.29, 1.82) is 0 Å². The number of carboxylic acids is 1. The van der Waals surface area contributed by atoms with E-state index in [1.54, 1.807) is 0 Å². The van der Waals surface area contributed by atoms with Crippen molar-refractivity contribution in [3.63, 3.8) is 0 Å². The van der Waals surface area contributed by atoms with Crippen LogP contribution in [0.15, 0.2) is 0 Å². The predicted octanol–water partition coefficient (Wildman–Crippen LogP) is 0.0821. The lowest BCUT2D eigenvalue weighted by Gasteiger charge is -2.13. The molecule has 0 rings (SSSR count). The standard InChI is InChI=1S/C9H17NO4/c1-10(7-9(13)14)8(12)5-3-2-4-6-11/h11H,2-7H2,1H3,(H,13,14). The second-order valence-corrected chi connectivity index (χ2v) is 3.18. The van der Waals surface area contributed by atoms with Gasteiger partial charge < -0.3 is 15.1 Å². The predicted molar refractivity (Wildman–Crippen MR) is 50.8 cm³/mol. The molecule has 0 unspecified atom stereocenters. The van der Waals surface area contributed by atoms with Crippen molar-refractivity contribution in [3.05, 3.63) is 0 Å². The lowest BCUT2D eigenvalue weighted by atomic mass is 10.2. The van der Waals surface area contributed by atoms with E-state index < -0.39 is 5.97 Å². The molecule has 0 fully saturated rings. The normalized spacial score (nSPS) is 9.86. The van der Waals surface area contributed by atoms with Gasteiger partial charge in [0.05, 0.1) is 0 Å². The summed E-state index contributed by atoms with van der Waals surface area (Å²) >= 11 is 0. The number of nitrogens with zero attached hydrogens (tertiary/aromatic N) is 1. The SMILES string of the molecule is CN(CC(=O)O)C(=O)CCCCCO. The summed E-state index contributed by atoms with van der Waals surface area (Å²) in [5, 5.41) is 16.9. The van der Waals surface area contributed by atoms with Gasteiger partial charge in [0.2, 0.25) is 5.91 Å². The van der Waals surface area contributed by atoms with Crippen LogP contribution in [0.2, 0.25) is 0 Å². The summed E-state index contributed by atoms with van der Waals surface area (Å²) in [5.41, 5.74) is 0. The number of likely N-dealkylation sites (N-methyl/N-ethyl adjacent to an activating group) is 1. The minimum absolute atomic E-state index is 0.138. The van der Waals surface area contributed by atoms with Gasteiger partial charge in [-0.1, -0.05) is 6.42 Å². The van der Waals surface area contributed by atoms with Gasteiger partial charge in [0.25, 0.3) is 0 Å². The van der Waals surface area contributed by atoms with Crippen LogP contribution >= 0.6 is 0 Å². The fourth-order valence-corrected chi connectivity index (χ4v) is 1.05. The Morgan fingerprint density at radius 3 is 2.36 bits per heavy atom. The number of hydrogen-bond donors (Lipinski definition) is 2. The fourth-order valence-electron chi connectivity index (χ4n) is 1.05. The Bertz CT molecular complexity index is 193. The molecule has 2 N–H and O–H groups in total. The van der Waals surface area contributed by atoms with Gasteiger partial charge in [-0.25, -0.2) is 0 Å². The highest BCUT2D eigenvalue weighted by molar-refractivity contribution is 5.80.